The number of rotatable bonds is 8. The van der Waals surface area contributed by atoms with E-state index in [0.29, 0.717) is 16.8 Å². The van der Waals surface area contributed by atoms with Crippen molar-refractivity contribution >= 4 is 23.4 Å². The first-order valence-corrected chi connectivity index (χ1v) is 9.77. The van der Waals surface area contributed by atoms with Crippen molar-refractivity contribution in [3.8, 4) is 0 Å². The molecule has 0 aliphatic carbocycles. The molecule has 0 heterocycles. The third kappa shape index (κ3) is 6.78. The second-order valence-corrected chi connectivity index (χ2v) is 6.81. The fourth-order valence-electron chi connectivity index (χ4n) is 2.83. The van der Waals surface area contributed by atoms with Crippen LogP contribution in [0.25, 0.3) is 0 Å². The molecule has 7 heteroatoms. The van der Waals surface area contributed by atoms with Gasteiger partial charge >= 0.3 is 0 Å². The Balaban J connectivity index is 1.44. The van der Waals surface area contributed by atoms with Crippen molar-refractivity contribution in [2.75, 3.05) is 11.9 Å². The normalized spacial score (nSPS) is 10.2. The van der Waals surface area contributed by atoms with Gasteiger partial charge in [-0.2, -0.15) is 0 Å². The van der Waals surface area contributed by atoms with Gasteiger partial charge in [0.2, 0.25) is 5.91 Å². The third-order valence-corrected chi connectivity index (χ3v) is 4.45. The number of hydrogen-bond donors (Lipinski definition) is 3. The second-order valence-electron chi connectivity index (χ2n) is 6.81. The summed E-state index contributed by atoms with van der Waals surface area (Å²) in [6.07, 6.45) is 0.152. The van der Waals surface area contributed by atoms with Crippen molar-refractivity contribution in [2.24, 2.45) is 0 Å². The summed E-state index contributed by atoms with van der Waals surface area (Å²) < 4.78 is 13.0. The maximum absolute atomic E-state index is 13.0. The first kappa shape index (κ1) is 21.7. The quantitative estimate of drug-likeness (QED) is 0.522. The van der Waals surface area contributed by atoms with Crippen molar-refractivity contribution in [1.82, 2.24) is 10.6 Å². The molecule has 31 heavy (non-hydrogen) atoms. The van der Waals surface area contributed by atoms with Gasteiger partial charge in [0.25, 0.3) is 11.8 Å². The van der Waals surface area contributed by atoms with Crippen molar-refractivity contribution in [1.29, 1.82) is 0 Å². The van der Waals surface area contributed by atoms with Crippen LogP contribution in [0.5, 0.6) is 0 Å². The molecule has 0 saturated heterocycles. The molecule has 0 aliphatic heterocycles. The van der Waals surface area contributed by atoms with Gasteiger partial charge in [-0.05, 0) is 54.1 Å². The lowest BCUT2D eigenvalue weighted by Crippen LogP contribution is -2.30. The van der Waals surface area contributed by atoms with Gasteiger partial charge in [-0.25, -0.2) is 4.39 Å². The Morgan fingerprint density at radius 2 is 1.45 bits per heavy atom. The van der Waals surface area contributed by atoms with Crippen LogP contribution in [-0.2, 0) is 11.3 Å². The second kappa shape index (κ2) is 10.7. The first-order chi connectivity index (χ1) is 15.0. The zero-order valence-electron chi connectivity index (χ0n) is 16.7. The first-order valence-electron chi connectivity index (χ1n) is 9.77. The lowest BCUT2D eigenvalue weighted by Gasteiger charge is -2.09. The van der Waals surface area contributed by atoms with Crippen LogP contribution in [0.15, 0.2) is 78.9 Å². The molecule has 0 spiro atoms. The Morgan fingerprint density at radius 1 is 0.742 bits per heavy atom. The monoisotopic (exact) mass is 419 g/mol. The third-order valence-electron chi connectivity index (χ3n) is 4.45. The summed E-state index contributed by atoms with van der Waals surface area (Å²) in [4.78, 5) is 36.2. The molecule has 0 aromatic heterocycles. The molecule has 0 radical (unpaired) electrons. The molecule has 0 bridgehead atoms. The van der Waals surface area contributed by atoms with Crippen molar-refractivity contribution in [2.45, 2.75) is 13.0 Å². The topological polar surface area (TPSA) is 87.3 Å². The highest BCUT2D eigenvalue weighted by atomic mass is 19.1. The summed E-state index contributed by atoms with van der Waals surface area (Å²) in [6, 6.07) is 21.1. The minimum atomic E-state index is -0.408. The van der Waals surface area contributed by atoms with Crippen molar-refractivity contribution < 1.29 is 18.8 Å². The van der Waals surface area contributed by atoms with E-state index in [9.17, 15) is 18.8 Å². The minimum absolute atomic E-state index is 0.152. The standard InChI is InChI=1S/C24H22FN3O3/c25-20-11-9-19(10-12-20)24(31)28-21-8-4-5-17(15-21)16-27-22(29)13-14-26-23(30)18-6-2-1-3-7-18/h1-12,15H,13-14,16H2,(H,26,30)(H,27,29)(H,28,31). The molecule has 158 valence electrons. The van der Waals surface area contributed by atoms with E-state index in [-0.39, 0.29) is 37.2 Å². The van der Waals surface area contributed by atoms with E-state index in [1.165, 1.54) is 24.3 Å². The van der Waals surface area contributed by atoms with Gasteiger partial charge in [0.15, 0.2) is 0 Å². The van der Waals surface area contributed by atoms with Gasteiger partial charge in [0.05, 0.1) is 0 Å². The molecular weight excluding hydrogens is 397 g/mol. The Kier molecular flexibility index (Phi) is 7.48. The number of halogens is 1. The van der Waals surface area contributed by atoms with E-state index < -0.39 is 5.82 Å². The van der Waals surface area contributed by atoms with E-state index in [4.69, 9.17) is 0 Å². The van der Waals surface area contributed by atoms with Gasteiger partial charge in [0, 0.05) is 36.3 Å². The Bertz CT molecular complexity index is 1050. The van der Waals surface area contributed by atoms with E-state index in [1.54, 1.807) is 42.5 Å². The van der Waals surface area contributed by atoms with Crippen molar-refractivity contribution in [3.63, 3.8) is 0 Å². The number of benzene rings is 3. The largest absolute Gasteiger partial charge is 0.352 e. The minimum Gasteiger partial charge on any atom is -0.352 e. The Morgan fingerprint density at radius 3 is 2.19 bits per heavy atom. The molecule has 3 rings (SSSR count). The highest BCUT2D eigenvalue weighted by Crippen LogP contribution is 2.13. The fourth-order valence-corrected chi connectivity index (χ4v) is 2.83. The molecule has 0 atom stereocenters. The van der Waals surface area contributed by atoms with Crippen LogP contribution in [0, 0.1) is 5.82 Å². The van der Waals surface area contributed by atoms with E-state index in [2.05, 4.69) is 16.0 Å². The Hall–Kier alpha value is -4.00. The summed E-state index contributed by atoms with van der Waals surface area (Å²) in [5.41, 5.74) is 2.26. The molecular formula is C24H22FN3O3. The number of hydrogen-bond acceptors (Lipinski definition) is 3. The number of carbonyl (C=O) groups excluding carboxylic acids is 3. The van der Waals surface area contributed by atoms with Gasteiger partial charge in [0.1, 0.15) is 5.82 Å². The van der Waals surface area contributed by atoms with Crippen LogP contribution in [0.1, 0.15) is 32.7 Å². The number of nitrogens with one attached hydrogen (secondary N) is 3. The van der Waals surface area contributed by atoms with Crippen molar-refractivity contribution in [3.05, 3.63) is 101 Å². The predicted octanol–water partition coefficient (Wildman–Crippen LogP) is 3.51. The van der Waals surface area contributed by atoms with Gasteiger partial charge in [-0.15, -0.1) is 0 Å². The highest BCUT2D eigenvalue weighted by Gasteiger charge is 2.08. The summed E-state index contributed by atoms with van der Waals surface area (Å²) in [5.74, 6) is -1.18. The molecule has 3 amide bonds. The SMILES string of the molecule is O=C(CCNC(=O)c1ccccc1)NCc1cccc(NC(=O)c2ccc(F)cc2)c1. The van der Waals surface area contributed by atoms with Crippen LogP contribution < -0.4 is 16.0 Å². The highest BCUT2D eigenvalue weighted by molar-refractivity contribution is 6.04. The smallest absolute Gasteiger partial charge is 0.255 e. The Labute approximate surface area is 179 Å². The lowest BCUT2D eigenvalue weighted by atomic mass is 10.1. The van der Waals surface area contributed by atoms with Gasteiger partial charge < -0.3 is 16.0 Å². The van der Waals surface area contributed by atoms with Crippen LogP contribution in [-0.4, -0.2) is 24.3 Å². The molecule has 3 N–H and O–H groups in total. The zero-order chi connectivity index (χ0) is 22.1. The predicted molar refractivity (Wildman–Crippen MR) is 116 cm³/mol. The summed E-state index contributed by atoms with van der Waals surface area (Å²) in [5, 5.41) is 8.24. The molecule has 0 unspecified atom stereocenters. The van der Waals surface area contributed by atoms with Crippen LogP contribution in [0.4, 0.5) is 10.1 Å². The summed E-state index contributed by atoms with van der Waals surface area (Å²) in [6.45, 7) is 0.513. The van der Waals surface area contributed by atoms with Crippen LogP contribution in [0.2, 0.25) is 0 Å². The summed E-state index contributed by atoms with van der Waals surface area (Å²) in [7, 11) is 0. The number of carbonyl (C=O) groups is 3. The molecule has 0 fully saturated rings. The zero-order valence-corrected chi connectivity index (χ0v) is 16.7. The number of amides is 3. The molecule has 6 nitrogen and oxygen atoms in total. The number of anilines is 1. The maximum atomic E-state index is 13.0. The summed E-state index contributed by atoms with van der Waals surface area (Å²) >= 11 is 0. The van der Waals surface area contributed by atoms with E-state index in [0.717, 1.165) is 5.56 Å². The van der Waals surface area contributed by atoms with Crippen LogP contribution >= 0.6 is 0 Å². The molecule has 3 aromatic rings. The van der Waals surface area contributed by atoms with Crippen LogP contribution in [0.3, 0.4) is 0 Å². The van der Waals surface area contributed by atoms with Gasteiger partial charge in [-0.1, -0.05) is 30.3 Å². The van der Waals surface area contributed by atoms with E-state index >= 15 is 0 Å². The van der Waals surface area contributed by atoms with E-state index in [1.807, 2.05) is 12.1 Å². The maximum Gasteiger partial charge on any atom is 0.255 e. The van der Waals surface area contributed by atoms with Gasteiger partial charge in [-0.3, -0.25) is 14.4 Å². The molecule has 0 saturated carbocycles. The lowest BCUT2D eigenvalue weighted by molar-refractivity contribution is -0.121. The average Bonchev–Trinajstić information content (AvgIpc) is 2.79. The average molecular weight is 419 g/mol. The fraction of sp³-hybridized carbons (Fsp3) is 0.125. The molecule has 0 aliphatic rings. The molecule has 3 aromatic carbocycles.